The number of amides is 1. The number of fused-ring (bicyclic) bond motifs is 1. The maximum absolute atomic E-state index is 15.1. The fourth-order valence-corrected chi connectivity index (χ4v) is 4.15. The van der Waals surface area contributed by atoms with Crippen LogP contribution in [0.3, 0.4) is 0 Å². The molecular weight excluding hydrogens is 448 g/mol. The summed E-state index contributed by atoms with van der Waals surface area (Å²) in [6, 6.07) is 8.39. The van der Waals surface area contributed by atoms with E-state index in [1.165, 1.54) is 31.3 Å². The van der Waals surface area contributed by atoms with Crippen molar-refractivity contribution in [2.75, 3.05) is 18.5 Å². The number of benzene rings is 2. The van der Waals surface area contributed by atoms with E-state index in [1.54, 1.807) is 6.07 Å². The Bertz CT molecular complexity index is 1270. The minimum atomic E-state index is -0.688. The second-order valence-electron chi connectivity index (χ2n) is 7.81. The number of anilines is 1. The Morgan fingerprint density at radius 1 is 1.15 bits per heavy atom. The molecule has 0 radical (unpaired) electrons. The highest BCUT2D eigenvalue weighted by Crippen LogP contribution is 2.32. The number of carbonyl (C=O) groups is 1. The highest BCUT2D eigenvalue weighted by molar-refractivity contribution is 6.30. The standard InChI is InChI=1S/C24H20ClF2N5O/c1-31(21-6-4-17(25)9-20(21)27)24(33)18-5-2-14(8-19(18)26)22-12-28-23-7-3-15(13-32(22)23)16-10-29-30-11-16/h2-10,12-13,23,28-30H,11H2,1H3. The Hall–Kier alpha value is -3.62. The van der Waals surface area contributed by atoms with Crippen LogP contribution in [0.1, 0.15) is 15.9 Å². The zero-order valence-electron chi connectivity index (χ0n) is 17.6. The first-order valence-corrected chi connectivity index (χ1v) is 10.7. The Balaban J connectivity index is 1.40. The molecule has 168 valence electrons. The Morgan fingerprint density at radius 3 is 2.73 bits per heavy atom. The second kappa shape index (κ2) is 8.38. The first-order chi connectivity index (χ1) is 15.9. The number of nitrogens with zero attached hydrogens (tertiary/aromatic N) is 2. The smallest absolute Gasteiger partial charge is 0.261 e. The molecule has 1 unspecified atom stereocenters. The summed E-state index contributed by atoms with van der Waals surface area (Å²) in [6.07, 6.45) is 9.73. The van der Waals surface area contributed by atoms with Gasteiger partial charge in [0.15, 0.2) is 0 Å². The molecule has 0 fully saturated rings. The van der Waals surface area contributed by atoms with Crippen molar-refractivity contribution in [1.29, 1.82) is 0 Å². The van der Waals surface area contributed by atoms with Crippen LogP contribution >= 0.6 is 11.6 Å². The van der Waals surface area contributed by atoms with Gasteiger partial charge in [0.25, 0.3) is 5.91 Å². The van der Waals surface area contributed by atoms with E-state index in [0.29, 0.717) is 12.1 Å². The molecule has 3 aliphatic heterocycles. The van der Waals surface area contributed by atoms with Crippen LogP contribution in [0.2, 0.25) is 5.02 Å². The molecular formula is C24H20ClF2N5O. The average Bonchev–Trinajstić information content (AvgIpc) is 3.48. The van der Waals surface area contributed by atoms with Gasteiger partial charge >= 0.3 is 0 Å². The van der Waals surface area contributed by atoms with E-state index >= 15 is 4.39 Å². The maximum atomic E-state index is 15.1. The van der Waals surface area contributed by atoms with Gasteiger partial charge in [-0.25, -0.2) is 14.2 Å². The van der Waals surface area contributed by atoms with E-state index in [9.17, 15) is 9.18 Å². The molecule has 3 aliphatic rings. The van der Waals surface area contributed by atoms with Gasteiger partial charge in [0, 0.05) is 42.8 Å². The number of hydrazine groups is 1. The molecule has 0 spiro atoms. The fourth-order valence-electron chi connectivity index (χ4n) is 3.99. The molecule has 0 aromatic heterocycles. The van der Waals surface area contributed by atoms with Gasteiger partial charge in [0.05, 0.1) is 16.9 Å². The van der Waals surface area contributed by atoms with Crippen molar-refractivity contribution in [3.05, 3.63) is 106 Å². The molecule has 9 heteroatoms. The lowest BCUT2D eigenvalue weighted by Gasteiger charge is -2.28. The molecule has 2 aromatic rings. The van der Waals surface area contributed by atoms with Gasteiger partial charge in [-0.1, -0.05) is 23.7 Å². The second-order valence-corrected chi connectivity index (χ2v) is 8.25. The quantitative estimate of drug-likeness (QED) is 0.637. The monoisotopic (exact) mass is 467 g/mol. The van der Waals surface area contributed by atoms with Crippen molar-refractivity contribution in [1.82, 2.24) is 21.1 Å². The number of nitrogens with one attached hydrogen (secondary N) is 3. The molecule has 2 aromatic carbocycles. The van der Waals surface area contributed by atoms with Crippen LogP contribution < -0.4 is 21.1 Å². The van der Waals surface area contributed by atoms with E-state index in [1.807, 2.05) is 35.7 Å². The summed E-state index contributed by atoms with van der Waals surface area (Å²) in [5, 5.41) is 3.47. The van der Waals surface area contributed by atoms with Crippen molar-refractivity contribution in [2.45, 2.75) is 6.17 Å². The lowest BCUT2D eigenvalue weighted by atomic mass is 10.0. The minimum absolute atomic E-state index is 0.0152. The number of hydrogen-bond donors (Lipinski definition) is 3. The summed E-state index contributed by atoms with van der Waals surface area (Å²) in [4.78, 5) is 15.9. The van der Waals surface area contributed by atoms with Gasteiger partial charge in [-0.15, -0.1) is 0 Å². The normalized spacial score (nSPS) is 18.7. The molecule has 0 saturated heterocycles. The van der Waals surface area contributed by atoms with E-state index in [0.717, 1.165) is 27.8 Å². The van der Waals surface area contributed by atoms with Gasteiger partial charge < -0.3 is 20.5 Å². The average molecular weight is 468 g/mol. The van der Waals surface area contributed by atoms with Crippen LogP contribution in [0.5, 0.6) is 0 Å². The molecule has 3 N–H and O–H groups in total. The summed E-state index contributed by atoms with van der Waals surface area (Å²) in [7, 11) is 1.39. The first-order valence-electron chi connectivity index (χ1n) is 10.3. The van der Waals surface area contributed by atoms with Crippen LogP contribution in [-0.4, -0.2) is 30.6 Å². The van der Waals surface area contributed by atoms with Crippen molar-refractivity contribution < 1.29 is 13.6 Å². The molecule has 1 amide bonds. The van der Waals surface area contributed by atoms with Gasteiger partial charge in [-0.3, -0.25) is 4.79 Å². The van der Waals surface area contributed by atoms with Crippen LogP contribution in [0, 0.1) is 11.6 Å². The lowest BCUT2D eigenvalue weighted by molar-refractivity contribution is 0.0988. The molecule has 5 rings (SSSR count). The zero-order chi connectivity index (χ0) is 23.1. The number of hydrogen-bond acceptors (Lipinski definition) is 5. The number of rotatable bonds is 4. The van der Waals surface area contributed by atoms with E-state index in [-0.39, 0.29) is 22.4 Å². The third-order valence-electron chi connectivity index (χ3n) is 5.77. The highest BCUT2D eigenvalue weighted by Gasteiger charge is 2.28. The first kappa shape index (κ1) is 21.2. The van der Waals surface area contributed by atoms with Crippen molar-refractivity contribution in [3.8, 4) is 0 Å². The molecule has 0 saturated carbocycles. The Kier molecular flexibility index (Phi) is 5.39. The number of carbonyl (C=O) groups excluding carboxylic acids is 1. The predicted molar refractivity (Wildman–Crippen MR) is 124 cm³/mol. The van der Waals surface area contributed by atoms with Crippen molar-refractivity contribution in [2.24, 2.45) is 0 Å². The van der Waals surface area contributed by atoms with Crippen LogP contribution in [0.25, 0.3) is 5.70 Å². The SMILES string of the molecule is CN(C(=O)c1ccc(C2=CNC3C=CC(C4=CNNC4)=CN23)cc1F)c1ccc(Cl)cc1F. The molecule has 1 atom stereocenters. The molecule has 3 heterocycles. The maximum Gasteiger partial charge on any atom is 0.261 e. The summed E-state index contributed by atoms with van der Waals surface area (Å²) < 4.78 is 29.3. The van der Waals surface area contributed by atoms with Crippen LogP contribution in [0.4, 0.5) is 14.5 Å². The Morgan fingerprint density at radius 2 is 2.00 bits per heavy atom. The molecule has 0 bridgehead atoms. The van der Waals surface area contributed by atoms with Crippen molar-refractivity contribution in [3.63, 3.8) is 0 Å². The topological polar surface area (TPSA) is 59.6 Å². The Labute approximate surface area is 194 Å². The summed E-state index contributed by atoms with van der Waals surface area (Å²) >= 11 is 5.78. The molecule has 33 heavy (non-hydrogen) atoms. The third kappa shape index (κ3) is 3.88. The van der Waals surface area contributed by atoms with Crippen LogP contribution in [0.15, 0.2) is 78.3 Å². The largest absolute Gasteiger partial charge is 0.366 e. The van der Waals surface area contributed by atoms with Crippen LogP contribution in [-0.2, 0) is 0 Å². The van der Waals surface area contributed by atoms with Crippen molar-refractivity contribution >= 4 is 28.9 Å². The predicted octanol–water partition coefficient (Wildman–Crippen LogP) is 3.87. The van der Waals surface area contributed by atoms with E-state index < -0.39 is 17.5 Å². The zero-order valence-corrected chi connectivity index (χ0v) is 18.3. The van der Waals surface area contributed by atoms with Gasteiger partial charge in [-0.05, 0) is 47.6 Å². The summed E-state index contributed by atoms with van der Waals surface area (Å²) in [6.45, 7) is 0.703. The number of halogens is 3. The lowest BCUT2D eigenvalue weighted by Crippen LogP contribution is -2.33. The van der Waals surface area contributed by atoms with Gasteiger partial charge in [0.1, 0.15) is 17.8 Å². The van der Waals surface area contributed by atoms with Gasteiger partial charge in [-0.2, -0.15) is 0 Å². The number of allylic oxidation sites excluding steroid dienone is 1. The minimum Gasteiger partial charge on any atom is -0.366 e. The summed E-state index contributed by atoms with van der Waals surface area (Å²) in [5.74, 6) is -2.01. The van der Waals surface area contributed by atoms with Gasteiger partial charge in [0.2, 0.25) is 0 Å². The fraction of sp³-hybridized carbons (Fsp3) is 0.125. The highest BCUT2D eigenvalue weighted by atomic mass is 35.5. The van der Waals surface area contributed by atoms with E-state index in [4.69, 9.17) is 11.6 Å². The molecule has 0 aliphatic carbocycles. The van der Waals surface area contributed by atoms with E-state index in [2.05, 4.69) is 16.2 Å². The third-order valence-corrected chi connectivity index (χ3v) is 6.01. The summed E-state index contributed by atoms with van der Waals surface area (Å²) in [5.41, 5.74) is 9.42. The molecule has 6 nitrogen and oxygen atoms in total.